The maximum atomic E-state index is 14.0. The summed E-state index contributed by atoms with van der Waals surface area (Å²) in [7, 11) is 9.52. The maximum Gasteiger partial charge on any atom is 0.240 e. The highest BCUT2D eigenvalue weighted by atomic mass is 16.5. The summed E-state index contributed by atoms with van der Waals surface area (Å²) in [6.45, 7) is 6.64. The van der Waals surface area contributed by atoms with Crippen molar-refractivity contribution in [3.63, 3.8) is 0 Å². The Balaban J connectivity index is 1.34. The summed E-state index contributed by atoms with van der Waals surface area (Å²) in [6.07, 6.45) is 3.56. The average Bonchev–Trinajstić information content (AvgIpc) is 3.11. The third-order valence-electron chi connectivity index (χ3n) is 8.58. The van der Waals surface area contributed by atoms with Gasteiger partial charge in [-0.15, -0.1) is 0 Å². The molecule has 11 nitrogen and oxygen atoms in total. The van der Waals surface area contributed by atoms with E-state index in [0.717, 1.165) is 40.2 Å². The maximum absolute atomic E-state index is 14.0. The predicted molar refractivity (Wildman–Crippen MR) is 183 cm³/mol. The third kappa shape index (κ3) is 7.11. The molecule has 0 radical (unpaired) electrons. The molecule has 0 unspecified atom stereocenters. The lowest BCUT2D eigenvalue weighted by Gasteiger charge is -2.42. The summed E-state index contributed by atoms with van der Waals surface area (Å²) in [4.78, 5) is 27.5. The SMILES string of the molecule is COc1cc(-c2cc(CN3CCN(Cc4ccnc(-c5cc(OC)c(OC)c(OC)c5)c4)[C@H](C(C)C)C3=O)ccn2)cc(OC)c1OC. The van der Waals surface area contributed by atoms with E-state index in [0.29, 0.717) is 54.1 Å². The van der Waals surface area contributed by atoms with E-state index in [1.807, 2.05) is 47.4 Å². The molecule has 11 heteroatoms. The van der Waals surface area contributed by atoms with Gasteiger partial charge in [0.1, 0.15) is 0 Å². The molecule has 5 rings (SSSR count). The lowest BCUT2D eigenvalue weighted by atomic mass is 9.97. The van der Waals surface area contributed by atoms with Crippen molar-refractivity contribution in [1.82, 2.24) is 19.8 Å². The topological polar surface area (TPSA) is 105 Å². The molecule has 1 aliphatic heterocycles. The number of hydrogen-bond acceptors (Lipinski definition) is 10. The summed E-state index contributed by atoms with van der Waals surface area (Å²) in [5.74, 6) is 3.50. The van der Waals surface area contributed by atoms with E-state index < -0.39 is 0 Å². The molecule has 0 N–H and O–H groups in total. The van der Waals surface area contributed by atoms with Gasteiger partial charge in [0.2, 0.25) is 17.4 Å². The van der Waals surface area contributed by atoms with Crippen LogP contribution in [0.4, 0.5) is 0 Å². The third-order valence-corrected chi connectivity index (χ3v) is 8.58. The first kappa shape index (κ1) is 34.3. The Bertz CT molecular complexity index is 1690. The van der Waals surface area contributed by atoms with Gasteiger partial charge in [0.25, 0.3) is 0 Å². The zero-order valence-corrected chi connectivity index (χ0v) is 28.9. The van der Waals surface area contributed by atoms with Crippen LogP contribution in [0, 0.1) is 5.92 Å². The molecule has 1 atom stereocenters. The number of amides is 1. The first-order valence-corrected chi connectivity index (χ1v) is 15.8. The zero-order chi connectivity index (χ0) is 34.4. The van der Waals surface area contributed by atoms with Crippen molar-refractivity contribution in [2.45, 2.75) is 33.0 Å². The highest BCUT2D eigenvalue weighted by Gasteiger charge is 2.36. The Morgan fingerprint density at radius 1 is 0.646 bits per heavy atom. The van der Waals surface area contributed by atoms with Gasteiger partial charge < -0.3 is 33.3 Å². The summed E-state index contributed by atoms with van der Waals surface area (Å²) in [6, 6.07) is 15.3. The molecule has 4 aromatic rings. The van der Waals surface area contributed by atoms with Gasteiger partial charge in [-0.2, -0.15) is 0 Å². The number of hydrogen-bond donors (Lipinski definition) is 0. The number of rotatable bonds is 13. The second-order valence-electron chi connectivity index (χ2n) is 11.8. The Kier molecular flexibility index (Phi) is 10.9. The summed E-state index contributed by atoms with van der Waals surface area (Å²) in [5, 5.41) is 0. The summed E-state index contributed by atoms with van der Waals surface area (Å²) < 4.78 is 33.1. The molecule has 2 aromatic heterocycles. The molecule has 2 aromatic carbocycles. The number of methoxy groups -OCH3 is 6. The molecule has 0 spiro atoms. The second-order valence-corrected chi connectivity index (χ2v) is 11.8. The molecular weight excluding hydrogens is 612 g/mol. The fourth-order valence-corrected chi connectivity index (χ4v) is 6.26. The van der Waals surface area contributed by atoms with Crippen LogP contribution in [0.15, 0.2) is 60.9 Å². The van der Waals surface area contributed by atoms with Crippen molar-refractivity contribution in [3.8, 4) is 57.0 Å². The fraction of sp³-hybridized carbons (Fsp3) is 0.378. The summed E-state index contributed by atoms with van der Waals surface area (Å²) in [5.41, 5.74) is 5.24. The highest BCUT2D eigenvalue weighted by Crippen LogP contribution is 2.42. The van der Waals surface area contributed by atoms with Crippen LogP contribution in [0.1, 0.15) is 25.0 Å². The lowest BCUT2D eigenvalue weighted by molar-refractivity contribution is -0.145. The minimum Gasteiger partial charge on any atom is -0.493 e. The average molecular weight is 657 g/mol. The molecule has 1 aliphatic rings. The first-order valence-electron chi connectivity index (χ1n) is 15.8. The number of aromatic nitrogens is 2. The van der Waals surface area contributed by atoms with Crippen molar-refractivity contribution >= 4 is 5.91 Å². The number of pyridine rings is 2. The monoisotopic (exact) mass is 656 g/mol. The van der Waals surface area contributed by atoms with E-state index in [-0.39, 0.29) is 17.9 Å². The van der Waals surface area contributed by atoms with E-state index in [9.17, 15) is 4.79 Å². The van der Waals surface area contributed by atoms with Gasteiger partial charge in [-0.25, -0.2) is 0 Å². The number of carbonyl (C=O) groups is 1. The van der Waals surface area contributed by atoms with E-state index >= 15 is 0 Å². The van der Waals surface area contributed by atoms with Gasteiger partial charge in [-0.1, -0.05) is 13.8 Å². The quantitative estimate of drug-likeness (QED) is 0.177. The number of piperazine rings is 1. The first-order chi connectivity index (χ1) is 23.2. The molecule has 1 fully saturated rings. The Morgan fingerprint density at radius 3 is 1.48 bits per heavy atom. The second kappa shape index (κ2) is 15.2. The zero-order valence-electron chi connectivity index (χ0n) is 28.9. The van der Waals surface area contributed by atoms with E-state index in [1.165, 1.54) is 0 Å². The van der Waals surface area contributed by atoms with E-state index in [1.54, 1.807) is 55.1 Å². The van der Waals surface area contributed by atoms with Crippen molar-refractivity contribution < 1.29 is 33.2 Å². The predicted octanol–water partition coefficient (Wildman–Crippen LogP) is 5.73. The largest absolute Gasteiger partial charge is 0.493 e. The summed E-state index contributed by atoms with van der Waals surface area (Å²) >= 11 is 0. The molecule has 0 bridgehead atoms. The van der Waals surface area contributed by atoms with Crippen molar-refractivity contribution in [2.24, 2.45) is 5.92 Å². The normalized spacial score (nSPS) is 15.0. The van der Waals surface area contributed by atoms with Crippen molar-refractivity contribution in [3.05, 3.63) is 72.1 Å². The van der Waals surface area contributed by atoms with Gasteiger partial charge in [0.15, 0.2) is 23.0 Å². The van der Waals surface area contributed by atoms with Crippen LogP contribution in [-0.4, -0.2) is 87.5 Å². The molecule has 0 saturated carbocycles. The van der Waals surface area contributed by atoms with Gasteiger partial charge in [-0.05, 0) is 65.6 Å². The van der Waals surface area contributed by atoms with Crippen LogP contribution in [0.3, 0.4) is 0 Å². The molecule has 3 heterocycles. The van der Waals surface area contributed by atoms with E-state index in [4.69, 9.17) is 28.4 Å². The fourth-order valence-electron chi connectivity index (χ4n) is 6.26. The van der Waals surface area contributed by atoms with Crippen LogP contribution in [0.5, 0.6) is 34.5 Å². The van der Waals surface area contributed by atoms with Crippen LogP contribution in [0.2, 0.25) is 0 Å². The van der Waals surface area contributed by atoms with Gasteiger partial charge in [0.05, 0.1) is 60.1 Å². The van der Waals surface area contributed by atoms with Gasteiger partial charge in [0, 0.05) is 49.7 Å². The molecule has 48 heavy (non-hydrogen) atoms. The molecule has 0 aliphatic carbocycles. The van der Waals surface area contributed by atoms with E-state index in [2.05, 4.69) is 34.8 Å². The number of carbonyl (C=O) groups excluding carboxylic acids is 1. The smallest absolute Gasteiger partial charge is 0.240 e. The number of ether oxygens (including phenoxy) is 6. The van der Waals surface area contributed by atoms with Crippen molar-refractivity contribution in [1.29, 1.82) is 0 Å². The minimum absolute atomic E-state index is 0.112. The standard InChI is InChI=1S/C37H44N4O7/c1-23(2)34-37(42)41(22-25-10-12-39-29(16-25)27-19-32(45-5)36(48-8)33(20-27)46-6)14-13-40(34)21-24-9-11-38-28(15-24)26-17-30(43-3)35(47-7)31(18-26)44-4/h9-12,15-20,23,34H,13-14,21-22H2,1-8H3/t34-/m1/s1. The molecule has 254 valence electrons. The highest BCUT2D eigenvalue weighted by molar-refractivity contribution is 5.83. The van der Waals surface area contributed by atoms with Crippen LogP contribution in [0.25, 0.3) is 22.5 Å². The molecule has 1 amide bonds. The molecule has 1 saturated heterocycles. The Hall–Kier alpha value is -5.03. The van der Waals surface area contributed by atoms with Gasteiger partial charge >= 0.3 is 0 Å². The van der Waals surface area contributed by atoms with Crippen LogP contribution < -0.4 is 28.4 Å². The lowest BCUT2D eigenvalue weighted by Crippen LogP contribution is -2.58. The molecular formula is C37H44N4O7. The minimum atomic E-state index is -0.270. The Labute approximate surface area is 282 Å². The number of benzene rings is 2. The number of nitrogens with zero attached hydrogens (tertiary/aromatic N) is 4. The van der Waals surface area contributed by atoms with Gasteiger partial charge in [-0.3, -0.25) is 19.7 Å². The van der Waals surface area contributed by atoms with Crippen molar-refractivity contribution in [2.75, 3.05) is 55.7 Å². The Morgan fingerprint density at radius 2 is 1.08 bits per heavy atom. The van der Waals surface area contributed by atoms with Crippen LogP contribution >= 0.6 is 0 Å². The van der Waals surface area contributed by atoms with Crippen LogP contribution in [-0.2, 0) is 17.9 Å².